The van der Waals surface area contributed by atoms with Crippen LogP contribution < -0.4 is 5.32 Å². The number of nitrogens with zero attached hydrogens (tertiary/aromatic N) is 1. The molecule has 2 amide bonds. The highest BCUT2D eigenvalue weighted by Gasteiger charge is 2.69. The number of imide groups is 1. The highest BCUT2D eigenvalue weighted by Crippen LogP contribution is 2.53. The minimum atomic E-state index is -1.49. The monoisotopic (exact) mass is 394 g/mol. The number of likely N-dealkylation sites (tertiary alicyclic amines) is 1. The molecular formula is C22H22N2O5. The van der Waals surface area contributed by atoms with Crippen LogP contribution in [-0.2, 0) is 24.7 Å². The van der Waals surface area contributed by atoms with Crippen molar-refractivity contribution in [3.8, 4) is 5.75 Å². The fourth-order valence-corrected chi connectivity index (χ4v) is 4.68. The molecular weight excluding hydrogens is 372 g/mol. The zero-order chi connectivity index (χ0) is 20.8. The Morgan fingerprint density at radius 2 is 1.76 bits per heavy atom. The van der Waals surface area contributed by atoms with E-state index in [2.05, 4.69) is 5.32 Å². The van der Waals surface area contributed by atoms with Crippen LogP contribution in [0.5, 0.6) is 5.75 Å². The Bertz CT molecular complexity index is 959. The number of esters is 1. The Hall–Kier alpha value is -3.19. The SMILES string of the molecule is CCN1C(=O)[C@H]2[C@@H](C1=O)[C@](C(=O)OC)(c1ccccc1)N[C@H]2c1ccc(O)cc1. The number of aromatic hydroxyl groups is 1. The fourth-order valence-electron chi connectivity index (χ4n) is 4.68. The summed E-state index contributed by atoms with van der Waals surface area (Å²) in [7, 11) is 1.27. The van der Waals surface area contributed by atoms with E-state index < -0.39 is 29.4 Å². The van der Waals surface area contributed by atoms with E-state index in [0.717, 1.165) is 0 Å². The second-order valence-electron chi connectivity index (χ2n) is 7.30. The Kier molecular flexibility index (Phi) is 4.62. The zero-order valence-corrected chi connectivity index (χ0v) is 16.2. The molecule has 29 heavy (non-hydrogen) atoms. The molecule has 0 spiro atoms. The number of phenols is 1. The maximum atomic E-state index is 13.3. The van der Waals surface area contributed by atoms with Crippen molar-refractivity contribution < 1.29 is 24.2 Å². The van der Waals surface area contributed by atoms with Gasteiger partial charge in [-0.25, -0.2) is 4.79 Å². The average molecular weight is 394 g/mol. The summed E-state index contributed by atoms with van der Waals surface area (Å²) >= 11 is 0. The van der Waals surface area contributed by atoms with Crippen molar-refractivity contribution in [2.45, 2.75) is 18.5 Å². The molecule has 7 nitrogen and oxygen atoms in total. The van der Waals surface area contributed by atoms with Crippen LogP contribution in [0.4, 0.5) is 0 Å². The minimum absolute atomic E-state index is 0.0922. The molecule has 2 aromatic carbocycles. The first-order valence-corrected chi connectivity index (χ1v) is 9.51. The third-order valence-corrected chi connectivity index (χ3v) is 5.96. The van der Waals surface area contributed by atoms with Gasteiger partial charge in [0.2, 0.25) is 11.8 Å². The van der Waals surface area contributed by atoms with Crippen molar-refractivity contribution in [1.29, 1.82) is 0 Å². The smallest absolute Gasteiger partial charge is 0.331 e. The van der Waals surface area contributed by atoms with Gasteiger partial charge in [-0.15, -0.1) is 0 Å². The molecule has 4 rings (SSSR count). The molecule has 2 saturated heterocycles. The number of nitrogens with one attached hydrogen (secondary N) is 1. The summed E-state index contributed by atoms with van der Waals surface area (Å²) < 4.78 is 5.13. The van der Waals surface area contributed by atoms with Crippen LogP contribution >= 0.6 is 0 Å². The molecule has 4 atom stereocenters. The largest absolute Gasteiger partial charge is 0.508 e. The van der Waals surface area contributed by atoms with E-state index in [4.69, 9.17) is 4.74 Å². The van der Waals surface area contributed by atoms with Crippen LogP contribution in [0, 0.1) is 11.8 Å². The van der Waals surface area contributed by atoms with Crippen LogP contribution in [0.3, 0.4) is 0 Å². The summed E-state index contributed by atoms with van der Waals surface area (Å²) in [6.07, 6.45) is 0. The number of ether oxygens (including phenoxy) is 1. The first kappa shape index (κ1) is 19.1. The number of carbonyl (C=O) groups is 3. The van der Waals surface area contributed by atoms with E-state index >= 15 is 0 Å². The van der Waals surface area contributed by atoms with Crippen molar-refractivity contribution in [1.82, 2.24) is 10.2 Å². The molecule has 2 aromatic rings. The molecule has 0 bridgehead atoms. The predicted molar refractivity (Wildman–Crippen MR) is 103 cm³/mol. The van der Waals surface area contributed by atoms with Crippen molar-refractivity contribution in [2.75, 3.05) is 13.7 Å². The quantitative estimate of drug-likeness (QED) is 0.606. The lowest BCUT2D eigenvalue weighted by atomic mass is 9.75. The van der Waals surface area contributed by atoms with E-state index in [9.17, 15) is 19.5 Å². The van der Waals surface area contributed by atoms with Crippen molar-refractivity contribution in [3.63, 3.8) is 0 Å². The van der Waals surface area contributed by atoms with Gasteiger partial charge >= 0.3 is 5.97 Å². The van der Waals surface area contributed by atoms with E-state index in [1.807, 2.05) is 6.07 Å². The van der Waals surface area contributed by atoms with Gasteiger partial charge < -0.3 is 9.84 Å². The molecule has 150 valence electrons. The first-order valence-electron chi connectivity index (χ1n) is 9.51. The standard InChI is InChI=1S/C22H22N2O5/c1-3-24-19(26)16-17(20(24)27)22(21(28)29-2,14-7-5-4-6-8-14)23-18(16)13-9-11-15(25)12-10-13/h4-12,16-18,23,25H,3H2,1-2H3/t16-,17-,18-,22-/m0/s1. The van der Waals surface area contributed by atoms with Gasteiger partial charge in [-0.1, -0.05) is 42.5 Å². The third-order valence-electron chi connectivity index (χ3n) is 5.96. The second kappa shape index (κ2) is 7.00. The number of hydrogen-bond donors (Lipinski definition) is 2. The highest BCUT2D eigenvalue weighted by molar-refractivity contribution is 6.09. The lowest BCUT2D eigenvalue weighted by Crippen LogP contribution is -2.53. The number of carbonyl (C=O) groups excluding carboxylic acids is 3. The zero-order valence-electron chi connectivity index (χ0n) is 16.2. The number of fused-ring (bicyclic) bond motifs is 1. The average Bonchev–Trinajstić information content (AvgIpc) is 3.23. The van der Waals surface area contributed by atoms with Crippen molar-refractivity contribution >= 4 is 17.8 Å². The summed E-state index contributed by atoms with van der Waals surface area (Å²) in [4.78, 5) is 40.8. The summed E-state index contributed by atoms with van der Waals surface area (Å²) in [5.41, 5.74) is -0.208. The highest BCUT2D eigenvalue weighted by atomic mass is 16.5. The van der Waals surface area contributed by atoms with Gasteiger partial charge in [-0.05, 0) is 30.2 Å². The van der Waals surface area contributed by atoms with Crippen LogP contribution in [0.25, 0.3) is 0 Å². The molecule has 0 aromatic heterocycles. The molecule has 2 fully saturated rings. The molecule has 0 radical (unpaired) electrons. The molecule has 7 heteroatoms. The number of phenolic OH excluding ortho intramolecular Hbond substituents is 1. The number of benzene rings is 2. The van der Waals surface area contributed by atoms with E-state index in [-0.39, 0.29) is 24.1 Å². The van der Waals surface area contributed by atoms with Gasteiger partial charge in [-0.3, -0.25) is 19.8 Å². The molecule has 0 saturated carbocycles. The molecule has 2 aliphatic rings. The van der Waals surface area contributed by atoms with Crippen molar-refractivity contribution in [3.05, 3.63) is 65.7 Å². The topological polar surface area (TPSA) is 95.9 Å². The van der Waals surface area contributed by atoms with Crippen LogP contribution in [0.2, 0.25) is 0 Å². The normalized spacial score (nSPS) is 28.5. The Morgan fingerprint density at radius 1 is 1.10 bits per heavy atom. The number of amides is 2. The molecule has 0 unspecified atom stereocenters. The fraction of sp³-hybridized carbons (Fsp3) is 0.318. The number of rotatable bonds is 4. The number of methoxy groups -OCH3 is 1. The lowest BCUT2D eigenvalue weighted by molar-refractivity contribution is -0.154. The van der Waals surface area contributed by atoms with E-state index in [1.54, 1.807) is 43.3 Å². The van der Waals surface area contributed by atoms with Crippen molar-refractivity contribution in [2.24, 2.45) is 11.8 Å². The van der Waals surface area contributed by atoms with Gasteiger partial charge in [0.15, 0.2) is 5.54 Å². The summed E-state index contributed by atoms with van der Waals surface area (Å²) in [6, 6.07) is 14.7. The molecule has 2 aliphatic heterocycles. The van der Waals surface area contributed by atoms with Gasteiger partial charge in [-0.2, -0.15) is 0 Å². The van der Waals surface area contributed by atoms with Crippen LogP contribution in [0.15, 0.2) is 54.6 Å². The summed E-state index contributed by atoms with van der Waals surface area (Å²) in [6.45, 7) is 1.97. The summed E-state index contributed by atoms with van der Waals surface area (Å²) in [5.74, 6) is -2.90. The third kappa shape index (κ3) is 2.65. The van der Waals surface area contributed by atoms with E-state index in [1.165, 1.54) is 24.1 Å². The van der Waals surface area contributed by atoms with Crippen LogP contribution in [-0.4, -0.2) is 41.4 Å². The maximum absolute atomic E-state index is 13.3. The predicted octanol–water partition coefficient (Wildman–Crippen LogP) is 1.73. The molecule has 2 N–H and O–H groups in total. The van der Waals surface area contributed by atoms with Gasteiger partial charge in [0.25, 0.3) is 0 Å². The Balaban J connectivity index is 1.94. The minimum Gasteiger partial charge on any atom is -0.508 e. The lowest BCUT2D eigenvalue weighted by Gasteiger charge is -2.32. The Labute approximate surface area is 168 Å². The maximum Gasteiger partial charge on any atom is 0.331 e. The first-order chi connectivity index (χ1) is 14.0. The van der Waals surface area contributed by atoms with Gasteiger partial charge in [0.05, 0.1) is 18.9 Å². The van der Waals surface area contributed by atoms with Gasteiger partial charge in [0, 0.05) is 12.6 Å². The summed E-state index contributed by atoms with van der Waals surface area (Å²) in [5, 5.41) is 12.9. The van der Waals surface area contributed by atoms with Gasteiger partial charge in [0.1, 0.15) is 5.75 Å². The molecule has 2 heterocycles. The number of hydrogen-bond acceptors (Lipinski definition) is 6. The van der Waals surface area contributed by atoms with E-state index in [0.29, 0.717) is 11.1 Å². The molecule has 0 aliphatic carbocycles. The Morgan fingerprint density at radius 3 is 2.34 bits per heavy atom. The van der Waals surface area contributed by atoms with Crippen LogP contribution in [0.1, 0.15) is 24.1 Å². The second-order valence-corrected chi connectivity index (χ2v) is 7.30.